The minimum absolute atomic E-state index is 0. The van der Waals surface area contributed by atoms with E-state index in [2.05, 4.69) is 60.6 Å². The molecule has 0 amide bonds. The van der Waals surface area contributed by atoms with E-state index in [9.17, 15) is 4.39 Å². The predicted molar refractivity (Wildman–Crippen MR) is 191 cm³/mol. The molecular formula is C36H43FN8O2. The topological polar surface area (TPSA) is 130 Å². The van der Waals surface area contributed by atoms with E-state index in [-0.39, 0.29) is 29.0 Å². The molecule has 0 saturated carbocycles. The van der Waals surface area contributed by atoms with Crippen LogP contribution >= 0.6 is 0 Å². The molecule has 0 bridgehead atoms. The molecule has 0 spiro atoms. The van der Waals surface area contributed by atoms with Crippen LogP contribution in [0.5, 0.6) is 11.5 Å². The van der Waals surface area contributed by atoms with E-state index in [0.717, 1.165) is 39.3 Å². The van der Waals surface area contributed by atoms with Gasteiger partial charge in [0.1, 0.15) is 18.1 Å². The van der Waals surface area contributed by atoms with Gasteiger partial charge >= 0.3 is 0 Å². The number of H-pyrrole nitrogens is 2. The van der Waals surface area contributed by atoms with E-state index in [1.807, 2.05) is 60.8 Å². The molecule has 3 aromatic heterocycles. The van der Waals surface area contributed by atoms with Gasteiger partial charge < -0.3 is 19.4 Å². The maximum Gasteiger partial charge on any atom is 0.121 e. The molecule has 0 aliphatic heterocycles. The number of hydrogen-bond donors (Lipinski definition) is 2. The van der Waals surface area contributed by atoms with Crippen LogP contribution in [-0.4, -0.2) is 51.4 Å². The molecule has 0 aliphatic carbocycles. The molecule has 47 heavy (non-hydrogen) atoms. The Balaban J connectivity index is 0.000000248. The third-order valence-corrected chi connectivity index (χ3v) is 7.22. The second-order valence-electron chi connectivity index (χ2n) is 10.2. The fraction of sp³-hybridized carbons (Fsp3) is 0.278. The number of rotatable bonds is 11. The minimum atomic E-state index is -0.327. The Labute approximate surface area is 274 Å². The van der Waals surface area contributed by atoms with E-state index in [1.165, 1.54) is 21.5 Å². The Morgan fingerprint density at radius 3 is 1.87 bits per heavy atom. The van der Waals surface area contributed by atoms with E-state index in [0.29, 0.717) is 39.1 Å². The fourth-order valence-corrected chi connectivity index (χ4v) is 5.16. The van der Waals surface area contributed by atoms with E-state index in [1.54, 1.807) is 4.68 Å². The van der Waals surface area contributed by atoms with Crippen molar-refractivity contribution >= 4 is 43.6 Å². The molecule has 246 valence electrons. The number of fused-ring (bicyclic) bond motifs is 6. The lowest BCUT2D eigenvalue weighted by Gasteiger charge is -2.06. The molecule has 0 atom stereocenters. The molecule has 0 aliphatic rings. The highest BCUT2D eigenvalue weighted by molar-refractivity contribution is 6.08. The van der Waals surface area contributed by atoms with Gasteiger partial charge in [0, 0.05) is 55.8 Å². The molecule has 4 aromatic carbocycles. The van der Waals surface area contributed by atoms with Crippen LogP contribution in [0.2, 0.25) is 0 Å². The van der Waals surface area contributed by atoms with Crippen molar-refractivity contribution in [1.82, 2.24) is 25.0 Å². The van der Waals surface area contributed by atoms with Crippen LogP contribution in [0, 0.1) is 0 Å². The summed E-state index contributed by atoms with van der Waals surface area (Å²) in [5.74, 6) is 1.59. The molecule has 10 nitrogen and oxygen atoms in total. The fourth-order valence-electron chi connectivity index (χ4n) is 5.16. The zero-order chi connectivity index (χ0) is 30.1. The summed E-state index contributed by atoms with van der Waals surface area (Å²) in [6, 6.07) is 28.4. The van der Waals surface area contributed by atoms with Crippen molar-refractivity contribution in [3.8, 4) is 11.5 Å². The summed E-state index contributed by atoms with van der Waals surface area (Å²) in [6.45, 7) is 1.49. The smallest absolute Gasteiger partial charge is 0.121 e. The van der Waals surface area contributed by atoms with Crippen LogP contribution in [0.15, 0.2) is 96.2 Å². The average molecular weight is 639 g/mol. The van der Waals surface area contributed by atoms with Crippen molar-refractivity contribution in [2.75, 3.05) is 26.4 Å². The Hall–Kier alpha value is -5.54. The van der Waals surface area contributed by atoms with Gasteiger partial charge in [0.15, 0.2) is 0 Å². The highest BCUT2D eigenvalue weighted by Crippen LogP contribution is 2.29. The zero-order valence-corrected chi connectivity index (χ0v) is 24.0. The Morgan fingerprint density at radius 2 is 1.30 bits per heavy atom. The van der Waals surface area contributed by atoms with Crippen molar-refractivity contribution in [1.29, 1.82) is 0 Å². The highest BCUT2D eigenvalue weighted by Gasteiger charge is 2.07. The van der Waals surface area contributed by atoms with E-state index < -0.39 is 0 Å². The van der Waals surface area contributed by atoms with Gasteiger partial charge in [0.2, 0.25) is 0 Å². The quantitative estimate of drug-likeness (QED) is 0.0632. The van der Waals surface area contributed by atoms with Gasteiger partial charge in [-0.1, -0.05) is 69.0 Å². The number of aromatic nitrogens is 5. The van der Waals surface area contributed by atoms with Gasteiger partial charge in [-0.3, -0.25) is 4.39 Å². The van der Waals surface area contributed by atoms with Crippen LogP contribution in [0.25, 0.3) is 54.1 Å². The normalized spacial score (nSPS) is 10.3. The first-order chi connectivity index (χ1) is 21.7. The number of halogens is 1. The van der Waals surface area contributed by atoms with E-state index >= 15 is 0 Å². The summed E-state index contributed by atoms with van der Waals surface area (Å²) in [7, 11) is 0. The van der Waals surface area contributed by atoms with Crippen molar-refractivity contribution < 1.29 is 13.9 Å². The minimum Gasteiger partial charge on any atom is -0.493 e. The zero-order valence-electron chi connectivity index (χ0n) is 24.0. The Bertz CT molecular complexity index is 2060. The maximum absolute atomic E-state index is 12.2. The maximum atomic E-state index is 12.2. The van der Waals surface area contributed by atoms with Crippen LogP contribution in [0.4, 0.5) is 4.39 Å². The summed E-state index contributed by atoms with van der Waals surface area (Å²) in [6.07, 6.45) is 2.95. The summed E-state index contributed by atoms with van der Waals surface area (Å²) in [5, 5.41) is 16.3. The number of azide groups is 1. The van der Waals surface area contributed by atoms with Crippen molar-refractivity contribution in [3.05, 3.63) is 107 Å². The molecule has 0 unspecified atom stereocenters. The number of alkyl halides is 1. The number of aryl methyl sites for hydroxylation is 1. The number of hydrogen-bond acceptors (Lipinski definition) is 5. The van der Waals surface area contributed by atoms with Gasteiger partial charge in [0.25, 0.3) is 0 Å². The number of benzene rings is 4. The van der Waals surface area contributed by atoms with Crippen molar-refractivity contribution in [2.45, 2.75) is 41.7 Å². The molecule has 0 saturated heterocycles. The molecule has 11 heteroatoms. The number of para-hydroxylation sites is 2. The van der Waals surface area contributed by atoms with Gasteiger partial charge in [0.05, 0.1) is 43.1 Å². The van der Waals surface area contributed by atoms with Crippen LogP contribution in [0.1, 0.15) is 34.4 Å². The third kappa shape index (κ3) is 8.59. The lowest BCUT2D eigenvalue weighted by molar-refractivity contribution is 0.290. The third-order valence-electron chi connectivity index (χ3n) is 7.22. The predicted octanol–water partition coefficient (Wildman–Crippen LogP) is 9.81. The number of nitrogens with zero attached hydrogens (tertiary/aromatic N) is 6. The van der Waals surface area contributed by atoms with Crippen molar-refractivity contribution in [2.24, 2.45) is 5.11 Å². The molecule has 7 rings (SSSR count). The van der Waals surface area contributed by atoms with Crippen molar-refractivity contribution in [3.63, 3.8) is 0 Å². The first-order valence-electron chi connectivity index (χ1n) is 14.4. The van der Waals surface area contributed by atoms with Gasteiger partial charge in [-0.25, -0.2) is 4.68 Å². The first kappa shape index (κ1) is 35.9. The molecule has 7 aromatic rings. The number of nitrogens with one attached hydrogen (secondary N) is 2. The monoisotopic (exact) mass is 638 g/mol. The summed E-state index contributed by atoms with van der Waals surface area (Å²) in [5.41, 5.74) is 13.3. The number of aromatic amines is 2. The molecule has 2 N–H and O–H groups in total. The second-order valence-corrected chi connectivity index (χ2v) is 10.2. The molecule has 3 heterocycles. The summed E-state index contributed by atoms with van der Waals surface area (Å²) < 4.78 is 25.3. The van der Waals surface area contributed by atoms with Crippen LogP contribution in [0.3, 0.4) is 0 Å². The van der Waals surface area contributed by atoms with Gasteiger partial charge in [-0.15, -0.1) is 5.10 Å². The lowest BCUT2D eigenvalue weighted by atomic mass is 10.1. The first-order valence-corrected chi connectivity index (χ1v) is 14.4. The van der Waals surface area contributed by atoms with Crippen LogP contribution in [-0.2, 0) is 13.0 Å². The average Bonchev–Trinajstić information content (AvgIpc) is 3.77. The molecule has 0 fully saturated rings. The Morgan fingerprint density at radius 1 is 0.745 bits per heavy atom. The molecular weight excluding hydrogens is 595 g/mol. The highest BCUT2D eigenvalue weighted by atomic mass is 19.1. The molecule has 0 radical (unpaired) electrons. The summed E-state index contributed by atoms with van der Waals surface area (Å²) >= 11 is 0. The van der Waals surface area contributed by atoms with E-state index in [4.69, 9.17) is 15.0 Å². The van der Waals surface area contributed by atoms with Gasteiger partial charge in [-0.05, 0) is 54.8 Å². The Kier molecular flexibility index (Phi) is 13.2. The lowest BCUT2D eigenvalue weighted by Crippen LogP contribution is -2.08. The SMILES string of the molecule is C.C.C.FCCCc1cn(CCOc2ccc3c(c2)[nH]c2ccccc23)nn1.[N-]=[N+]=NCCOc1ccc2c(c1)[nH]c1ccccc12. The second kappa shape index (κ2) is 17.2. The van der Waals surface area contributed by atoms with Crippen LogP contribution < -0.4 is 9.47 Å². The van der Waals surface area contributed by atoms with Gasteiger partial charge in [-0.2, -0.15) is 0 Å². The standard InChI is InChI=1S/C19H19FN4O.C14H12N4O.3CH4/c20-9-3-4-14-13-24(23-22-14)10-11-25-15-7-8-17-16-5-1-2-6-18(16)21-19(17)12-15;15-18-16-7-8-19-10-5-6-12-11-3-1-2-4-13(11)17-14(12)9-10;;;/h1-2,5-8,12-13,21H,3-4,9-11H2;1-6,9,17H,7-8H2;3*1H4. The number of ether oxygens (including phenoxy) is 2. The summed E-state index contributed by atoms with van der Waals surface area (Å²) in [4.78, 5) is 9.45. The largest absolute Gasteiger partial charge is 0.493 e.